The molecule has 2 rings (SSSR count). The molecule has 0 aliphatic rings. The maximum atomic E-state index is 3.96. The van der Waals surface area contributed by atoms with Crippen molar-refractivity contribution in [2.75, 3.05) is 5.43 Å². The normalized spacial score (nSPS) is 10.7. The molecule has 0 amide bonds. The van der Waals surface area contributed by atoms with Crippen LogP contribution in [-0.4, -0.2) is 26.8 Å². The molecule has 0 bridgehead atoms. The number of aryl methyl sites for hydroxylation is 1. The van der Waals surface area contributed by atoms with Gasteiger partial charge in [-0.25, -0.2) is 10.5 Å². The fraction of sp³-hybridized carbons (Fsp3) is 0.111. The second-order valence-electron chi connectivity index (χ2n) is 3.03. The van der Waals surface area contributed by atoms with Crippen molar-refractivity contribution in [1.29, 1.82) is 0 Å². The third-order valence-electron chi connectivity index (χ3n) is 1.81. The van der Waals surface area contributed by atoms with Crippen LogP contribution in [0.2, 0.25) is 0 Å². The zero-order valence-corrected chi connectivity index (χ0v) is 8.18. The maximum absolute atomic E-state index is 3.96. The summed E-state index contributed by atoms with van der Waals surface area (Å²) in [5.74, 6) is 0.415. The Kier molecular flexibility index (Phi) is 2.68. The number of aromatic nitrogens is 4. The van der Waals surface area contributed by atoms with E-state index < -0.39 is 0 Å². The number of nitrogens with one attached hydrogen (secondary N) is 2. The second-order valence-corrected chi connectivity index (χ2v) is 3.03. The Balaban J connectivity index is 1.97. The molecule has 0 spiro atoms. The van der Waals surface area contributed by atoms with Crippen LogP contribution in [0.4, 0.5) is 5.95 Å². The number of aromatic amines is 1. The van der Waals surface area contributed by atoms with Gasteiger partial charge in [0.15, 0.2) is 0 Å². The van der Waals surface area contributed by atoms with Crippen molar-refractivity contribution in [3.8, 4) is 0 Å². The Bertz CT molecular complexity index is 430. The summed E-state index contributed by atoms with van der Waals surface area (Å²) >= 11 is 0. The van der Waals surface area contributed by atoms with Gasteiger partial charge in [0.1, 0.15) is 0 Å². The van der Waals surface area contributed by atoms with Gasteiger partial charge in [-0.05, 0) is 22.9 Å². The van der Waals surface area contributed by atoms with Crippen LogP contribution in [0.1, 0.15) is 11.1 Å². The average molecular weight is 202 g/mol. The molecule has 0 unspecified atom stereocenters. The molecule has 0 fully saturated rings. The number of H-pyrrole nitrogens is 1. The third kappa shape index (κ3) is 2.60. The highest BCUT2D eigenvalue weighted by atomic mass is 15.5. The first-order valence-corrected chi connectivity index (χ1v) is 4.44. The molecule has 2 aromatic rings. The fourth-order valence-corrected chi connectivity index (χ4v) is 1.03. The minimum Gasteiger partial charge on any atom is -0.244 e. The Morgan fingerprint density at radius 3 is 2.80 bits per heavy atom. The number of hydrogen-bond donors (Lipinski definition) is 2. The molecule has 6 nitrogen and oxygen atoms in total. The van der Waals surface area contributed by atoms with Gasteiger partial charge in [-0.2, -0.15) is 5.10 Å². The summed E-state index contributed by atoms with van der Waals surface area (Å²) in [6.07, 6.45) is 1.70. The summed E-state index contributed by atoms with van der Waals surface area (Å²) in [6, 6.07) is 8.02. The summed E-state index contributed by atoms with van der Waals surface area (Å²) in [5.41, 5.74) is 4.90. The standard InChI is InChI=1S/C9H10N6/c1-7-2-4-8(5-3-7)6-10-11-9-12-14-15-13-9/h2-6H,1H3,(H2,11,12,13,14,15)/b10-6+. The van der Waals surface area contributed by atoms with E-state index in [-0.39, 0.29) is 0 Å². The number of anilines is 1. The van der Waals surface area contributed by atoms with E-state index in [0.29, 0.717) is 5.95 Å². The van der Waals surface area contributed by atoms with Crippen molar-refractivity contribution in [2.24, 2.45) is 5.10 Å². The highest BCUT2D eigenvalue weighted by molar-refractivity contribution is 5.79. The lowest BCUT2D eigenvalue weighted by molar-refractivity contribution is 0.881. The molecule has 0 aliphatic carbocycles. The van der Waals surface area contributed by atoms with Crippen LogP contribution in [0, 0.1) is 6.92 Å². The largest absolute Gasteiger partial charge is 0.260 e. The van der Waals surface area contributed by atoms with Gasteiger partial charge in [-0.15, -0.1) is 0 Å². The van der Waals surface area contributed by atoms with Crippen molar-refractivity contribution in [1.82, 2.24) is 20.6 Å². The lowest BCUT2D eigenvalue weighted by Gasteiger charge is -1.94. The maximum Gasteiger partial charge on any atom is 0.260 e. The SMILES string of the molecule is Cc1ccc(/C=N/Nc2nnn[nH]2)cc1. The van der Waals surface area contributed by atoms with Gasteiger partial charge >= 0.3 is 0 Å². The van der Waals surface area contributed by atoms with E-state index in [9.17, 15) is 0 Å². The van der Waals surface area contributed by atoms with Crippen molar-refractivity contribution in [3.05, 3.63) is 35.4 Å². The molecule has 0 saturated heterocycles. The first kappa shape index (κ1) is 9.32. The Hall–Kier alpha value is -2.24. The topological polar surface area (TPSA) is 78.8 Å². The van der Waals surface area contributed by atoms with E-state index in [1.165, 1.54) is 5.56 Å². The van der Waals surface area contributed by atoms with Crippen LogP contribution in [0.25, 0.3) is 0 Å². The van der Waals surface area contributed by atoms with E-state index in [4.69, 9.17) is 0 Å². The Labute approximate surface area is 86.4 Å². The molecule has 0 saturated carbocycles. The molecule has 0 aliphatic heterocycles. The number of nitrogens with zero attached hydrogens (tertiary/aromatic N) is 4. The first-order valence-electron chi connectivity index (χ1n) is 4.44. The second kappa shape index (κ2) is 4.32. The van der Waals surface area contributed by atoms with Gasteiger partial charge in [-0.3, -0.25) is 0 Å². The molecule has 1 aromatic carbocycles. The van der Waals surface area contributed by atoms with Crippen LogP contribution in [0.15, 0.2) is 29.4 Å². The average Bonchev–Trinajstić information content (AvgIpc) is 2.74. The van der Waals surface area contributed by atoms with Gasteiger partial charge in [0, 0.05) is 0 Å². The fourth-order valence-electron chi connectivity index (χ4n) is 1.03. The van der Waals surface area contributed by atoms with Crippen molar-refractivity contribution in [3.63, 3.8) is 0 Å². The lowest BCUT2D eigenvalue weighted by Crippen LogP contribution is -1.92. The van der Waals surface area contributed by atoms with E-state index in [0.717, 1.165) is 5.56 Å². The summed E-state index contributed by atoms with van der Waals surface area (Å²) in [4.78, 5) is 0. The van der Waals surface area contributed by atoms with Gasteiger partial charge in [0.05, 0.1) is 6.21 Å². The summed E-state index contributed by atoms with van der Waals surface area (Å²) in [5, 5.41) is 16.9. The van der Waals surface area contributed by atoms with Crippen molar-refractivity contribution < 1.29 is 0 Å². The van der Waals surface area contributed by atoms with E-state index in [2.05, 4.69) is 31.2 Å². The number of benzene rings is 1. The highest BCUT2D eigenvalue weighted by Crippen LogP contribution is 2.00. The van der Waals surface area contributed by atoms with Crippen LogP contribution in [0.5, 0.6) is 0 Å². The molecule has 0 radical (unpaired) electrons. The third-order valence-corrected chi connectivity index (χ3v) is 1.81. The molecule has 6 heteroatoms. The molecule has 15 heavy (non-hydrogen) atoms. The zero-order chi connectivity index (χ0) is 10.5. The van der Waals surface area contributed by atoms with Gasteiger partial charge in [0.25, 0.3) is 5.95 Å². The number of hydrogen-bond acceptors (Lipinski definition) is 5. The summed E-state index contributed by atoms with van der Waals surface area (Å²) in [6.45, 7) is 2.04. The quantitative estimate of drug-likeness (QED) is 0.573. The molecule has 76 valence electrons. The van der Waals surface area contributed by atoms with Gasteiger partial charge in [-0.1, -0.05) is 34.9 Å². The lowest BCUT2D eigenvalue weighted by atomic mass is 10.2. The van der Waals surface area contributed by atoms with E-state index in [1.807, 2.05) is 31.2 Å². The van der Waals surface area contributed by atoms with Crippen molar-refractivity contribution >= 4 is 12.2 Å². The van der Waals surface area contributed by atoms with Crippen LogP contribution >= 0.6 is 0 Å². The zero-order valence-electron chi connectivity index (χ0n) is 8.18. The molecule has 2 N–H and O–H groups in total. The molecular weight excluding hydrogens is 192 g/mol. The predicted molar refractivity (Wildman–Crippen MR) is 56.6 cm³/mol. The van der Waals surface area contributed by atoms with Crippen LogP contribution < -0.4 is 5.43 Å². The Morgan fingerprint density at radius 2 is 2.13 bits per heavy atom. The Morgan fingerprint density at radius 1 is 1.33 bits per heavy atom. The number of hydrazone groups is 1. The smallest absolute Gasteiger partial charge is 0.244 e. The van der Waals surface area contributed by atoms with E-state index >= 15 is 0 Å². The minimum atomic E-state index is 0.415. The molecule has 0 atom stereocenters. The summed E-state index contributed by atoms with van der Waals surface area (Å²) in [7, 11) is 0. The van der Waals surface area contributed by atoms with E-state index in [1.54, 1.807) is 6.21 Å². The van der Waals surface area contributed by atoms with Gasteiger partial charge < -0.3 is 0 Å². The highest BCUT2D eigenvalue weighted by Gasteiger charge is 1.90. The van der Waals surface area contributed by atoms with Crippen LogP contribution in [0.3, 0.4) is 0 Å². The predicted octanol–water partition coefficient (Wildman–Crippen LogP) is 0.954. The minimum absolute atomic E-state index is 0.415. The molecule has 1 aromatic heterocycles. The number of tetrazole rings is 1. The monoisotopic (exact) mass is 202 g/mol. The van der Waals surface area contributed by atoms with Crippen LogP contribution in [-0.2, 0) is 0 Å². The molecular formula is C9H10N6. The first-order chi connectivity index (χ1) is 7.34. The molecule has 1 heterocycles. The number of rotatable bonds is 3. The summed E-state index contributed by atoms with van der Waals surface area (Å²) < 4.78 is 0. The van der Waals surface area contributed by atoms with Crippen molar-refractivity contribution in [2.45, 2.75) is 6.92 Å². The van der Waals surface area contributed by atoms with Gasteiger partial charge in [0.2, 0.25) is 0 Å².